The highest BCUT2D eigenvalue weighted by atomic mass is 35.5. The Hall–Kier alpha value is -2.35. The Bertz CT molecular complexity index is 1080. The van der Waals surface area contributed by atoms with E-state index < -0.39 is 0 Å². The van der Waals surface area contributed by atoms with Crippen molar-refractivity contribution < 1.29 is 9.47 Å². The number of benzene rings is 1. The molecule has 1 fully saturated rings. The van der Waals surface area contributed by atoms with Crippen molar-refractivity contribution in [1.82, 2.24) is 19.9 Å². The first-order valence-corrected chi connectivity index (χ1v) is 10.4. The number of hydrogen-bond donors (Lipinski definition) is 1. The molecule has 1 saturated heterocycles. The number of rotatable bonds is 5. The molecule has 7 nitrogen and oxygen atoms in total. The second-order valence-corrected chi connectivity index (χ2v) is 8.14. The van der Waals surface area contributed by atoms with Gasteiger partial charge in [0.25, 0.3) is 0 Å². The molecule has 0 bridgehead atoms. The van der Waals surface area contributed by atoms with Gasteiger partial charge in [0.1, 0.15) is 11.5 Å². The molecule has 1 aromatic carbocycles. The van der Waals surface area contributed by atoms with Gasteiger partial charge < -0.3 is 20.1 Å². The molecule has 1 atom stereocenters. The van der Waals surface area contributed by atoms with Crippen molar-refractivity contribution in [3.63, 3.8) is 0 Å². The quantitative estimate of drug-likeness (QED) is 0.625. The predicted octanol–water partition coefficient (Wildman–Crippen LogP) is 4.23. The number of nitrogen functional groups attached to an aromatic ring is 1. The van der Waals surface area contributed by atoms with Crippen molar-refractivity contribution in [2.45, 2.75) is 25.3 Å². The van der Waals surface area contributed by atoms with Crippen LogP contribution in [0.25, 0.3) is 22.2 Å². The molecule has 1 aliphatic rings. The van der Waals surface area contributed by atoms with Gasteiger partial charge in [-0.15, -0.1) is 0 Å². The van der Waals surface area contributed by atoms with E-state index in [9.17, 15) is 0 Å². The number of ether oxygens (including phenoxy) is 2. The monoisotopic (exact) mass is 447 g/mol. The van der Waals surface area contributed by atoms with Crippen LogP contribution in [0.3, 0.4) is 0 Å². The molecule has 0 amide bonds. The lowest BCUT2D eigenvalue weighted by Gasteiger charge is -2.20. The number of nitrogens with two attached hydrogens (primary N) is 1. The lowest BCUT2D eigenvalue weighted by atomic mass is 10.0. The Morgan fingerprint density at radius 2 is 1.83 bits per heavy atom. The first kappa shape index (κ1) is 20.9. The molecule has 1 unspecified atom stereocenters. The van der Waals surface area contributed by atoms with E-state index in [0.29, 0.717) is 38.8 Å². The fourth-order valence-electron chi connectivity index (χ4n) is 3.96. The Kier molecular flexibility index (Phi) is 5.86. The number of likely N-dealkylation sites (N-methyl/N-ethyl adjacent to an activating group) is 1. The van der Waals surface area contributed by atoms with Crippen molar-refractivity contribution in [2.75, 3.05) is 33.5 Å². The summed E-state index contributed by atoms with van der Waals surface area (Å²) in [7, 11) is 5.22. The van der Waals surface area contributed by atoms with Crippen molar-refractivity contribution >= 4 is 40.1 Å². The lowest BCUT2D eigenvalue weighted by Crippen LogP contribution is -2.27. The third-order valence-corrected chi connectivity index (χ3v) is 6.34. The van der Waals surface area contributed by atoms with E-state index in [-0.39, 0.29) is 5.95 Å². The molecule has 1 aliphatic heterocycles. The fraction of sp³-hybridized carbons (Fsp3) is 0.381. The molecule has 0 saturated carbocycles. The molecule has 4 rings (SSSR count). The molecular weight excluding hydrogens is 425 g/mol. The lowest BCUT2D eigenvalue weighted by molar-refractivity contribution is 0.308. The number of likely N-dealkylation sites (tertiary alicyclic amines) is 1. The van der Waals surface area contributed by atoms with E-state index in [4.69, 9.17) is 43.4 Å². The zero-order valence-electron chi connectivity index (χ0n) is 17.1. The summed E-state index contributed by atoms with van der Waals surface area (Å²) in [5, 5.41) is 1.56. The highest BCUT2D eigenvalue weighted by molar-refractivity contribution is 6.41. The van der Waals surface area contributed by atoms with Crippen LogP contribution in [0.4, 0.5) is 5.95 Å². The number of pyridine rings is 1. The third kappa shape index (κ3) is 3.73. The second-order valence-electron chi connectivity index (χ2n) is 7.39. The van der Waals surface area contributed by atoms with E-state index in [0.717, 1.165) is 36.0 Å². The summed E-state index contributed by atoms with van der Waals surface area (Å²) in [6, 6.07) is 3.91. The first-order valence-electron chi connectivity index (χ1n) is 9.65. The molecule has 0 radical (unpaired) electrons. The average Bonchev–Trinajstić information content (AvgIpc) is 3.13. The number of fused-ring (bicyclic) bond motifs is 1. The van der Waals surface area contributed by atoms with Crippen molar-refractivity contribution in [1.29, 1.82) is 0 Å². The average molecular weight is 448 g/mol. The summed E-state index contributed by atoms with van der Waals surface area (Å²) in [4.78, 5) is 15.9. The second kappa shape index (κ2) is 8.41. The molecule has 30 heavy (non-hydrogen) atoms. The van der Waals surface area contributed by atoms with Crippen LogP contribution < -0.4 is 15.2 Å². The maximum atomic E-state index is 6.64. The summed E-state index contributed by atoms with van der Waals surface area (Å²) < 4.78 is 10.8. The molecule has 9 heteroatoms. The molecule has 3 heterocycles. The maximum absolute atomic E-state index is 6.64. The Morgan fingerprint density at radius 1 is 1.13 bits per heavy atom. The zero-order chi connectivity index (χ0) is 21.4. The van der Waals surface area contributed by atoms with Gasteiger partial charge in [0, 0.05) is 35.7 Å². The number of methoxy groups -OCH3 is 2. The van der Waals surface area contributed by atoms with Gasteiger partial charge in [0.2, 0.25) is 5.95 Å². The Labute approximate surface area is 185 Å². The van der Waals surface area contributed by atoms with Crippen LogP contribution in [0.2, 0.25) is 10.0 Å². The van der Waals surface area contributed by atoms with Crippen LogP contribution in [0, 0.1) is 0 Å². The van der Waals surface area contributed by atoms with E-state index in [1.165, 1.54) is 6.42 Å². The SMILES string of the molecule is COc1cc(OC)c(Cl)c(-c2cc3cnc(N)nc3c(CC3CCCN3C)n2)c1Cl. The van der Waals surface area contributed by atoms with Crippen LogP contribution >= 0.6 is 23.2 Å². The van der Waals surface area contributed by atoms with E-state index >= 15 is 0 Å². The Balaban J connectivity index is 1.93. The van der Waals surface area contributed by atoms with Gasteiger partial charge in [-0.1, -0.05) is 23.2 Å². The maximum Gasteiger partial charge on any atom is 0.220 e. The number of halogens is 2. The molecule has 2 aromatic heterocycles. The van der Waals surface area contributed by atoms with Gasteiger partial charge in [0.15, 0.2) is 0 Å². The highest BCUT2D eigenvalue weighted by Crippen LogP contribution is 2.46. The molecule has 3 aromatic rings. The smallest absolute Gasteiger partial charge is 0.220 e. The minimum Gasteiger partial charge on any atom is -0.495 e. The van der Waals surface area contributed by atoms with Gasteiger partial charge in [-0.05, 0) is 32.5 Å². The van der Waals surface area contributed by atoms with Crippen LogP contribution in [-0.2, 0) is 6.42 Å². The molecular formula is C21H23Cl2N5O2. The largest absolute Gasteiger partial charge is 0.495 e. The minimum atomic E-state index is 0.220. The van der Waals surface area contributed by atoms with Gasteiger partial charge in [0.05, 0.1) is 41.2 Å². The molecule has 0 aliphatic carbocycles. The number of aromatic nitrogens is 3. The number of hydrogen-bond acceptors (Lipinski definition) is 7. The van der Waals surface area contributed by atoms with Gasteiger partial charge >= 0.3 is 0 Å². The fourth-order valence-corrected chi connectivity index (χ4v) is 4.66. The predicted molar refractivity (Wildman–Crippen MR) is 120 cm³/mol. The third-order valence-electron chi connectivity index (χ3n) is 5.59. The summed E-state index contributed by atoms with van der Waals surface area (Å²) in [6.07, 6.45) is 4.72. The van der Waals surface area contributed by atoms with Crippen molar-refractivity contribution in [2.24, 2.45) is 0 Å². The van der Waals surface area contributed by atoms with Crippen molar-refractivity contribution in [3.05, 3.63) is 34.1 Å². The summed E-state index contributed by atoms with van der Waals surface area (Å²) in [6.45, 7) is 1.07. The normalized spacial score (nSPS) is 16.9. The van der Waals surface area contributed by atoms with Gasteiger partial charge in [-0.2, -0.15) is 0 Å². The number of anilines is 1. The van der Waals surface area contributed by atoms with Crippen LogP contribution in [0.1, 0.15) is 18.5 Å². The highest BCUT2D eigenvalue weighted by Gasteiger charge is 2.25. The van der Waals surface area contributed by atoms with E-state index in [2.05, 4.69) is 21.9 Å². The summed E-state index contributed by atoms with van der Waals surface area (Å²) in [5.41, 5.74) is 8.61. The topological polar surface area (TPSA) is 86.4 Å². The van der Waals surface area contributed by atoms with Crippen molar-refractivity contribution in [3.8, 4) is 22.8 Å². The molecule has 2 N–H and O–H groups in total. The number of nitrogens with zero attached hydrogens (tertiary/aromatic N) is 4. The molecule has 0 spiro atoms. The summed E-state index contributed by atoms with van der Waals surface area (Å²) in [5.74, 6) is 1.14. The van der Waals surface area contributed by atoms with Crippen LogP contribution in [0.15, 0.2) is 18.3 Å². The van der Waals surface area contributed by atoms with E-state index in [1.807, 2.05) is 6.07 Å². The first-order chi connectivity index (χ1) is 14.4. The standard InChI is InChI=1S/C21H23Cl2N5O2/c1-28-6-4-5-12(28)8-14-20-11(10-25-21(24)27-20)7-13(26-14)17-18(22)15(29-2)9-16(30-3)19(17)23/h7,9-10,12H,4-6,8H2,1-3H3,(H2,24,25,27). The zero-order valence-corrected chi connectivity index (χ0v) is 18.6. The van der Waals surface area contributed by atoms with Crippen LogP contribution in [-0.4, -0.2) is 53.7 Å². The Morgan fingerprint density at radius 3 is 2.43 bits per heavy atom. The summed E-state index contributed by atoms with van der Waals surface area (Å²) >= 11 is 13.3. The van der Waals surface area contributed by atoms with E-state index in [1.54, 1.807) is 26.5 Å². The minimum absolute atomic E-state index is 0.220. The van der Waals surface area contributed by atoms with Gasteiger partial charge in [-0.3, -0.25) is 4.98 Å². The molecule has 158 valence electrons. The van der Waals surface area contributed by atoms with Gasteiger partial charge in [-0.25, -0.2) is 9.97 Å². The van der Waals surface area contributed by atoms with Crippen LogP contribution in [0.5, 0.6) is 11.5 Å².